The molecule has 0 saturated carbocycles. The number of hydrogen-bond acceptors (Lipinski definition) is 4. The highest BCUT2D eigenvalue weighted by atomic mass is 16.5. The van der Waals surface area contributed by atoms with Gasteiger partial charge in [-0.25, -0.2) is 4.98 Å². The number of fused-ring (bicyclic) bond motifs is 4. The van der Waals surface area contributed by atoms with Gasteiger partial charge in [-0.3, -0.25) is 4.57 Å². The van der Waals surface area contributed by atoms with Crippen molar-refractivity contribution < 1.29 is 4.74 Å². The molecule has 0 spiro atoms. The van der Waals surface area contributed by atoms with Gasteiger partial charge in [0.25, 0.3) is 0 Å². The topological polar surface area (TPSA) is 33.5 Å². The normalized spacial score (nSPS) is 13.5. The number of pyridine rings is 1. The van der Waals surface area contributed by atoms with E-state index in [1.807, 2.05) is 6.20 Å². The van der Waals surface area contributed by atoms with Crippen molar-refractivity contribution in [2.24, 2.45) is 0 Å². The van der Waals surface area contributed by atoms with E-state index in [9.17, 15) is 0 Å². The Morgan fingerprint density at radius 3 is 1.85 bits per heavy atom. The van der Waals surface area contributed by atoms with Gasteiger partial charge in [-0.2, -0.15) is 0 Å². The van der Waals surface area contributed by atoms with Crippen LogP contribution in [0.3, 0.4) is 0 Å². The number of benzene rings is 5. The Balaban J connectivity index is 1.17. The molecule has 5 nitrogen and oxygen atoms in total. The molecule has 5 aromatic carbocycles. The van der Waals surface area contributed by atoms with E-state index in [0.29, 0.717) is 18.5 Å². The van der Waals surface area contributed by atoms with Crippen LogP contribution in [0.4, 0.5) is 22.7 Å². The second-order valence-corrected chi connectivity index (χ2v) is 17.8. The number of ether oxygens (including phenoxy) is 1. The molecule has 0 unspecified atom stereocenters. The van der Waals surface area contributed by atoms with Crippen molar-refractivity contribution in [1.82, 2.24) is 9.55 Å². The van der Waals surface area contributed by atoms with Crippen molar-refractivity contribution in [1.29, 1.82) is 0 Å². The molecule has 5 heteroatoms. The molecular formula is C50H54N4O. The highest BCUT2D eigenvalue weighted by molar-refractivity contribution is 6.09. The fraction of sp³-hybridized carbons (Fsp3) is 0.300. The summed E-state index contributed by atoms with van der Waals surface area (Å²) < 4.78 is 8.99. The van der Waals surface area contributed by atoms with Crippen LogP contribution in [0.25, 0.3) is 27.6 Å². The SMILES string of the molecule is CC(C)c1cc(C(C)(C)C)cc(C(C)C)c1N1CN(c2cccc(Oc3ccc4c5ccccc5n(-c5cc(C(C)(C)C)ccn5)c4c3)c2)c2ccccc21. The summed E-state index contributed by atoms with van der Waals surface area (Å²) in [5, 5.41) is 2.37. The van der Waals surface area contributed by atoms with Crippen molar-refractivity contribution in [2.75, 3.05) is 16.5 Å². The van der Waals surface area contributed by atoms with E-state index < -0.39 is 0 Å². The van der Waals surface area contributed by atoms with Gasteiger partial charge in [0.05, 0.1) is 22.4 Å². The first-order valence-electron chi connectivity index (χ1n) is 19.8. The lowest BCUT2D eigenvalue weighted by Crippen LogP contribution is -2.26. The molecule has 0 radical (unpaired) electrons. The van der Waals surface area contributed by atoms with Crippen LogP contribution in [-0.4, -0.2) is 16.2 Å². The summed E-state index contributed by atoms with van der Waals surface area (Å²) in [6.07, 6.45) is 1.92. The largest absolute Gasteiger partial charge is 0.457 e. The Bertz CT molecular complexity index is 2520. The fourth-order valence-corrected chi connectivity index (χ4v) is 8.05. The Kier molecular flexibility index (Phi) is 9.03. The average Bonchev–Trinajstić information content (AvgIpc) is 3.69. The number of aromatic nitrogens is 2. The maximum atomic E-state index is 6.72. The Hall–Kier alpha value is -5.55. The molecule has 0 atom stereocenters. The van der Waals surface area contributed by atoms with Crippen LogP contribution in [0.15, 0.2) is 121 Å². The summed E-state index contributed by atoms with van der Waals surface area (Å²) in [6.45, 7) is 23.7. The Morgan fingerprint density at radius 1 is 0.564 bits per heavy atom. The van der Waals surface area contributed by atoms with Gasteiger partial charge in [0.1, 0.15) is 24.0 Å². The third kappa shape index (κ3) is 6.64. The smallest absolute Gasteiger partial charge is 0.137 e. The maximum absolute atomic E-state index is 6.72. The van der Waals surface area contributed by atoms with Crippen molar-refractivity contribution >= 4 is 44.6 Å². The van der Waals surface area contributed by atoms with Gasteiger partial charge in [0.2, 0.25) is 0 Å². The van der Waals surface area contributed by atoms with Gasteiger partial charge in [-0.05, 0) is 99.5 Å². The van der Waals surface area contributed by atoms with Crippen molar-refractivity contribution in [2.45, 2.75) is 91.9 Å². The highest BCUT2D eigenvalue weighted by Gasteiger charge is 2.33. The van der Waals surface area contributed by atoms with E-state index in [0.717, 1.165) is 34.0 Å². The molecule has 0 fully saturated rings. The zero-order valence-electron chi connectivity index (χ0n) is 34.1. The summed E-state index contributed by atoms with van der Waals surface area (Å²) in [5.41, 5.74) is 12.6. The molecule has 7 aromatic rings. The fourth-order valence-electron chi connectivity index (χ4n) is 8.05. The van der Waals surface area contributed by atoms with Crippen LogP contribution in [0.5, 0.6) is 11.5 Å². The van der Waals surface area contributed by atoms with E-state index in [4.69, 9.17) is 9.72 Å². The van der Waals surface area contributed by atoms with Crippen LogP contribution in [0.2, 0.25) is 0 Å². The summed E-state index contributed by atoms with van der Waals surface area (Å²) in [7, 11) is 0. The summed E-state index contributed by atoms with van der Waals surface area (Å²) >= 11 is 0. The van der Waals surface area contributed by atoms with Gasteiger partial charge >= 0.3 is 0 Å². The molecule has 2 aromatic heterocycles. The number of hydrogen-bond donors (Lipinski definition) is 0. The summed E-state index contributed by atoms with van der Waals surface area (Å²) in [5.74, 6) is 3.24. The van der Waals surface area contributed by atoms with Crippen LogP contribution < -0.4 is 14.5 Å². The van der Waals surface area contributed by atoms with E-state index in [1.54, 1.807) is 0 Å². The number of rotatable bonds is 7. The Labute approximate surface area is 327 Å². The monoisotopic (exact) mass is 726 g/mol. The zero-order chi connectivity index (χ0) is 38.8. The second-order valence-electron chi connectivity index (χ2n) is 17.8. The molecule has 1 aliphatic rings. The first kappa shape index (κ1) is 36.4. The van der Waals surface area contributed by atoms with E-state index in [-0.39, 0.29) is 10.8 Å². The molecule has 0 bridgehead atoms. The third-order valence-corrected chi connectivity index (χ3v) is 11.1. The van der Waals surface area contributed by atoms with Gasteiger partial charge in [0.15, 0.2) is 0 Å². The molecule has 0 saturated heterocycles. The van der Waals surface area contributed by atoms with Crippen LogP contribution >= 0.6 is 0 Å². The lowest BCUT2D eigenvalue weighted by atomic mass is 9.80. The first-order chi connectivity index (χ1) is 26.2. The first-order valence-corrected chi connectivity index (χ1v) is 19.8. The van der Waals surface area contributed by atoms with Crippen molar-refractivity contribution in [3.8, 4) is 17.3 Å². The van der Waals surface area contributed by atoms with Crippen LogP contribution in [-0.2, 0) is 10.8 Å². The summed E-state index contributed by atoms with van der Waals surface area (Å²) in [4.78, 5) is 9.83. The van der Waals surface area contributed by atoms with Gasteiger partial charge in [0, 0.05) is 40.5 Å². The standard InChI is InChI=1S/C50H54N4O/c1-32(2)41-26-35(50(8,9)10)27-42(33(3)4)48(41)53-31-52(44-20-13-14-21-45(44)53)36-16-15-17-37(29-36)55-38-22-23-40-39-18-11-12-19-43(39)54(46(40)30-38)47-28-34(24-25-51-47)49(5,6)7/h11-30,32-33H,31H2,1-10H3. The molecular weight excluding hydrogens is 673 g/mol. The molecule has 3 heterocycles. The summed E-state index contributed by atoms with van der Waals surface area (Å²) in [6, 6.07) is 41.6. The van der Waals surface area contributed by atoms with Gasteiger partial charge in [-0.1, -0.05) is 118 Å². The third-order valence-electron chi connectivity index (χ3n) is 11.1. The van der Waals surface area contributed by atoms with E-state index in [2.05, 4.69) is 199 Å². The average molecular weight is 727 g/mol. The Morgan fingerprint density at radius 2 is 1.18 bits per heavy atom. The van der Waals surface area contributed by atoms with Crippen molar-refractivity contribution in [3.05, 3.63) is 144 Å². The predicted octanol–water partition coefficient (Wildman–Crippen LogP) is 14.1. The van der Waals surface area contributed by atoms with Gasteiger partial charge < -0.3 is 14.5 Å². The quantitative estimate of drug-likeness (QED) is 0.164. The lowest BCUT2D eigenvalue weighted by molar-refractivity contribution is 0.483. The van der Waals surface area contributed by atoms with E-state index >= 15 is 0 Å². The minimum absolute atomic E-state index is 0.00688. The van der Waals surface area contributed by atoms with Gasteiger partial charge in [-0.15, -0.1) is 0 Å². The number of nitrogens with zero attached hydrogens (tertiary/aromatic N) is 4. The minimum Gasteiger partial charge on any atom is -0.457 e. The maximum Gasteiger partial charge on any atom is 0.137 e. The molecule has 1 aliphatic heterocycles. The van der Waals surface area contributed by atoms with Crippen molar-refractivity contribution in [3.63, 3.8) is 0 Å². The zero-order valence-corrected chi connectivity index (χ0v) is 34.1. The molecule has 280 valence electrons. The predicted molar refractivity (Wildman–Crippen MR) is 233 cm³/mol. The van der Waals surface area contributed by atoms with Crippen LogP contribution in [0.1, 0.15) is 103 Å². The number of anilines is 4. The highest BCUT2D eigenvalue weighted by Crippen LogP contribution is 2.49. The molecule has 0 amide bonds. The number of para-hydroxylation sites is 3. The second kappa shape index (κ2) is 13.6. The lowest BCUT2D eigenvalue weighted by Gasteiger charge is -2.32. The minimum atomic E-state index is 0.00688. The molecule has 55 heavy (non-hydrogen) atoms. The molecule has 0 aliphatic carbocycles. The van der Waals surface area contributed by atoms with Crippen LogP contribution in [0, 0.1) is 0 Å². The van der Waals surface area contributed by atoms with E-state index in [1.165, 1.54) is 50.1 Å². The molecule has 8 rings (SSSR count). The molecule has 0 N–H and O–H groups in total.